The van der Waals surface area contributed by atoms with E-state index in [-0.39, 0.29) is 16.6 Å². The van der Waals surface area contributed by atoms with Crippen LogP contribution in [0.2, 0.25) is 0 Å². The van der Waals surface area contributed by atoms with Gasteiger partial charge in [-0.2, -0.15) is 0 Å². The maximum Gasteiger partial charge on any atom is 0.138 e. The van der Waals surface area contributed by atoms with E-state index in [4.69, 9.17) is 4.74 Å². The van der Waals surface area contributed by atoms with Crippen LogP contribution in [0.4, 0.5) is 0 Å². The van der Waals surface area contributed by atoms with Crippen molar-refractivity contribution in [3.8, 4) is 0 Å². The molecule has 4 saturated carbocycles. The van der Waals surface area contributed by atoms with Crippen LogP contribution in [0.5, 0.6) is 0 Å². The van der Waals surface area contributed by atoms with E-state index in [0.29, 0.717) is 39.8 Å². The summed E-state index contributed by atoms with van der Waals surface area (Å²) in [4.78, 5) is 12.9. The predicted molar refractivity (Wildman–Crippen MR) is 136 cm³/mol. The van der Waals surface area contributed by atoms with Crippen LogP contribution in [0.25, 0.3) is 0 Å². The smallest absolute Gasteiger partial charge is 0.138 e. The Bertz CT molecular complexity index is 829. The van der Waals surface area contributed by atoms with E-state index in [1.807, 2.05) is 0 Å². The van der Waals surface area contributed by atoms with E-state index < -0.39 is 0 Å². The second-order valence-corrected chi connectivity index (χ2v) is 15.3. The lowest BCUT2D eigenvalue weighted by atomic mass is 9.35. The Morgan fingerprint density at radius 2 is 1.39 bits per heavy atom. The number of ether oxygens (including phenoxy) is 1. The van der Waals surface area contributed by atoms with Crippen molar-refractivity contribution < 1.29 is 9.53 Å². The molecule has 1 aliphatic heterocycles. The van der Waals surface area contributed by atoms with Gasteiger partial charge >= 0.3 is 0 Å². The minimum atomic E-state index is -0.142. The molecular formula is C31H52O2. The molecule has 2 nitrogen and oxygen atoms in total. The first-order valence-electron chi connectivity index (χ1n) is 14.4. The fraction of sp³-hybridized carbons (Fsp3) is 0.968. The summed E-state index contributed by atoms with van der Waals surface area (Å²) in [6, 6.07) is 0. The second kappa shape index (κ2) is 7.10. The van der Waals surface area contributed by atoms with E-state index in [9.17, 15) is 4.79 Å². The quantitative estimate of drug-likeness (QED) is 0.418. The molecule has 4 aliphatic carbocycles. The summed E-state index contributed by atoms with van der Waals surface area (Å²) in [5.41, 5.74) is 1.06. The maximum absolute atomic E-state index is 12.9. The summed E-state index contributed by atoms with van der Waals surface area (Å²) in [5.74, 6) is 3.91. The normalized spacial score (nSPS) is 55.9. The Balaban J connectivity index is 1.46. The molecule has 9 atom stereocenters. The fourth-order valence-corrected chi connectivity index (χ4v) is 11.1. The van der Waals surface area contributed by atoms with Gasteiger partial charge in [-0.3, -0.25) is 4.79 Å². The molecule has 0 N–H and O–H groups in total. The van der Waals surface area contributed by atoms with Gasteiger partial charge in [-0.1, -0.05) is 48.5 Å². The highest BCUT2D eigenvalue weighted by molar-refractivity contribution is 5.85. The zero-order valence-electron chi connectivity index (χ0n) is 23.3. The standard InChI is InChI=1S/C31H52O2/c1-20(2)30(8)18-19-31(9,33-30)22-12-16-28(6)21(22)10-11-24-27(5)15-14-25(32)26(3,4)23(27)13-17-29(24,28)7/h20-24H,10-19H2,1-9H3/t21-,22+,23+,24+,27+,28-,29-,30+,31-/m1/s1. The molecule has 1 saturated heterocycles. The van der Waals surface area contributed by atoms with Crippen molar-refractivity contribution in [3.05, 3.63) is 0 Å². The van der Waals surface area contributed by atoms with E-state index in [1.54, 1.807) is 0 Å². The molecule has 0 spiro atoms. The third-order valence-corrected chi connectivity index (χ3v) is 13.7. The summed E-state index contributed by atoms with van der Waals surface area (Å²) >= 11 is 0. The van der Waals surface area contributed by atoms with E-state index in [2.05, 4.69) is 62.3 Å². The van der Waals surface area contributed by atoms with Crippen LogP contribution in [-0.4, -0.2) is 17.0 Å². The van der Waals surface area contributed by atoms with Crippen LogP contribution in [0.3, 0.4) is 0 Å². The molecule has 0 radical (unpaired) electrons. The Morgan fingerprint density at radius 1 is 0.727 bits per heavy atom. The molecule has 5 rings (SSSR count). The molecule has 0 aromatic rings. The molecule has 0 aromatic heterocycles. The lowest BCUT2D eigenvalue weighted by Crippen LogP contribution is -2.63. The van der Waals surface area contributed by atoms with Gasteiger partial charge in [0.15, 0.2) is 0 Å². The first-order chi connectivity index (χ1) is 15.1. The van der Waals surface area contributed by atoms with Crippen LogP contribution < -0.4 is 0 Å². The second-order valence-electron chi connectivity index (χ2n) is 15.3. The minimum Gasteiger partial charge on any atom is -0.369 e. The van der Waals surface area contributed by atoms with Gasteiger partial charge in [0.05, 0.1) is 11.2 Å². The SMILES string of the molecule is CC(C)[C@]1(C)CC[C@](C)([C@H]2CC[C@]3(C)[C@@H]2CC[C@H]2[C@@]4(C)CCC(=O)C(C)(C)[C@@H]4CC[C@]23C)O1. The topological polar surface area (TPSA) is 26.3 Å². The third-order valence-electron chi connectivity index (χ3n) is 13.7. The molecule has 33 heavy (non-hydrogen) atoms. The molecule has 2 heteroatoms. The van der Waals surface area contributed by atoms with E-state index in [1.165, 1.54) is 51.4 Å². The van der Waals surface area contributed by atoms with Gasteiger partial charge in [0, 0.05) is 11.8 Å². The van der Waals surface area contributed by atoms with Crippen molar-refractivity contribution in [2.45, 2.75) is 138 Å². The van der Waals surface area contributed by atoms with Gasteiger partial charge in [0.2, 0.25) is 0 Å². The molecule has 0 bridgehead atoms. The van der Waals surface area contributed by atoms with Crippen molar-refractivity contribution >= 4 is 5.78 Å². The van der Waals surface area contributed by atoms with Gasteiger partial charge in [0.1, 0.15) is 5.78 Å². The number of rotatable bonds is 2. The number of hydrogen-bond acceptors (Lipinski definition) is 2. The molecule has 1 heterocycles. The summed E-state index contributed by atoms with van der Waals surface area (Å²) < 4.78 is 7.05. The van der Waals surface area contributed by atoms with Crippen molar-refractivity contribution in [1.82, 2.24) is 0 Å². The van der Waals surface area contributed by atoms with Gasteiger partial charge in [0.25, 0.3) is 0 Å². The predicted octanol–water partition coefficient (Wildman–Crippen LogP) is 8.22. The van der Waals surface area contributed by atoms with Crippen LogP contribution in [-0.2, 0) is 9.53 Å². The number of ketones is 1. The first-order valence-corrected chi connectivity index (χ1v) is 14.4. The highest BCUT2D eigenvalue weighted by Crippen LogP contribution is 2.76. The van der Waals surface area contributed by atoms with Gasteiger partial charge < -0.3 is 4.74 Å². The molecule has 5 aliphatic rings. The molecule has 5 fully saturated rings. The minimum absolute atomic E-state index is 0.0423. The van der Waals surface area contributed by atoms with Crippen molar-refractivity contribution in [2.24, 2.45) is 51.2 Å². The Hall–Kier alpha value is -0.370. The van der Waals surface area contributed by atoms with Crippen molar-refractivity contribution in [2.75, 3.05) is 0 Å². The van der Waals surface area contributed by atoms with Gasteiger partial charge in [-0.05, 0) is 117 Å². The van der Waals surface area contributed by atoms with Crippen LogP contribution in [0, 0.1) is 51.2 Å². The number of carbonyl (C=O) groups excluding carboxylic acids is 1. The summed E-state index contributed by atoms with van der Waals surface area (Å²) in [7, 11) is 0. The van der Waals surface area contributed by atoms with E-state index >= 15 is 0 Å². The first kappa shape index (κ1) is 24.3. The van der Waals surface area contributed by atoms with Crippen LogP contribution >= 0.6 is 0 Å². The monoisotopic (exact) mass is 456 g/mol. The molecular weight excluding hydrogens is 404 g/mol. The van der Waals surface area contributed by atoms with E-state index in [0.717, 1.165) is 24.7 Å². The third kappa shape index (κ3) is 2.97. The number of carbonyl (C=O) groups is 1. The number of Topliss-reactive ketones (excluding diaryl/α,β-unsaturated/α-hetero) is 1. The zero-order valence-corrected chi connectivity index (χ0v) is 23.3. The van der Waals surface area contributed by atoms with Gasteiger partial charge in [-0.25, -0.2) is 0 Å². The Morgan fingerprint density at radius 3 is 2.03 bits per heavy atom. The highest BCUT2D eigenvalue weighted by atomic mass is 16.5. The maximum atomic E-state index is 12.9. The zero-order chi connectivity index (χ0) is 24.2. The lowest BCUT2D eigenvalue weighted by molar-refractivity contribution is -0.211. The lowest BCUT2D eigenvalue weighted by Gasteiger charge is -2.69. The number of hydrogen-bond donors (Lipinski definition) is 0. The van der Waals surface area contributed by atoms with Crippen molar-refractivity contribution in [1.29, 1.82) is 0 Å². The molecule has 0 aromatic carbocycles. The molecule has 0 unspecified atom stereocenters. The Kier molecular flexibility index (Phi) is 5.24. The largest absolute Gasteiger partial charge is 0.369 e. The molecule has 188 valence electrons. The van der Waals surface area contributed by atoms with Crippen LogP contribution in [0.1, 0.15) is 127 Å². The van der Waals surface area contributed by atoms with Crippen LogP contribution in [0.15, 0.2) is 0 Å². The summed E-state index contributed by atoms with van der Waals surface area (Å²) in [5, 5.41) is 0. The fourth-order valence-electron chi connectivity index (χ4n) is 11.1. The van der Waals surface area contributed by atoms with Gasteiger partial charge in [-0.15, -0.1) is 0 Å². The summed E-state index contributed by atoms with van der Waals surface area (Å²) in [6.07, 6.45) is 12.4. The Labute approximate surface area is 204 Å². The average molecular weight is 457 g/mol. The average Bonchev–Trinajstić information content (AvgIpc) is 3.25. The summed E-state index contributed by atoms with van der Waals surface area (Å²) in [6.45, 7) is 22.0. The highest BCUT2D eigenvalue weighted by Gasteiger charge is 2.70. The van der Waals surface area contributed by atoms with Crippen molar-refractivity contribution in [3.63, 3.8) is 0 Å². The molecule has 0 amide bonds. The number of fused-ring (bicyclic) bond motifs is 5.